The van der Waals surface area contributed by atoms with Gasteiger partial charge in [-0.2, -0.15) is 0 Å². The van der Waals surface area contributed by atoms with Gasteiger partial charge in [0, 0.05) is 6.07 Å². The van der Waals surface area contributed by atoms with E-state index >= 15 is 0 Å². The minimum Gasteiger partial charge on any atom is -0.410 e. The van der Waals surface area contributed by atoms with Crippen LogP contribution in [-0.2, 0) is 0 Å². The van der Waals surface area contributed by atoms with Crippen molar-refractivity contribution in [3.8, 4) is 11.5 Å². The predicted octanol–water partition coefficient (Wildman–Crippen LogP) is 4.64. The van der Waals surface area contributed by atoms with Crippen LogP contribution in [0.1, 0.15) is 5.56 Å². The molecule has 122 valence electrons. The zero-order valence-corrected chi connectivity index (χ0v) is 11.8. The number of carbonyl (C=O) groups is 1. The maximum Gasteiger partial charge on any atom is 0.573 e. The summed E-state index contributed by atoms with van der Waals surface area (Å²) >= 11 is 0. The number of hydrogen-bond acceptors (Lipinski definition) is 3. The molecule has 0 aromatic heterocycles. The van der Waals surface area contributed by atoms with Gasteiger partial charge in [-0.3, -0.25) is 5.32 Å². The first-order chi connectivity index (χ1) is 10.7. The Bertz CT molecular complexity index is 702. The Hall–Kier alpha value is -2.77. The van der Waals surface area contributed by atoms with Gasteiger partial charge < -0.3 is 9.47 Å². The molecule has 0 aliphatic rings. The molecule has 4 nitrogen and oxygen atoms in total. The van der Waals surface area contributed by atoms with Crippen LogP contribution < -0.4 is 14.8 Å². The van der Waals surface area contributed by atoms with E-state index in [-0.39, 0.29) is 11.3 Å². The van der Waals surface area contributed by atoms with Gasteiger partial charge in [0.2, 0.25) is 0 Å². The van der Waals surface area contributed by atoms with Crippen LogP contribution in [0.25, 0.3) is 0 Å². The van der Waals surface area contributed by atoms with E-state index in [1.54, 1.807) is 18.2 Å². The number of hydrogen-bond donors (Lipinski definition) is 1. The first kappa shape index (κ1) is 16.6. The van der Waals surface area contributed by atoms with E-state index in [1.807, 2.05) is 5.32 Å². The lowest BCUT2D eigenvalue weighted by Gasteiger charge is -2.14. The fourth-order valence-corrected chi connectivity index (χ4v) is 1.71. The van der Waals surface area contributed by atoms with Gasteiger partial charge in [-0.25, -0.2) is 9.18 Å². The molecule has 0 radical (unpaired) electrons. The molecule has 0 spiro atoms. The molecule has 0 unspecified atom stereocenters. The molecule has 1 amide bonds. The largest absolute Gasteiger partial charge is 0.573 e. The molecule has 0 atom stereocenters. The third kappa shape index (κ3) is 4.87. The summed E-state index contributed by atoms with van der Waals surface area (Å²) in [5, 5.41) is 2.03. The highest BCUT2D eigenvalue weighted by atomic mass is 19.4. The molecular formula is C15H11F4NO3. The number of carbonyl (C=O) groups excluding carboxylic acids is 1. The third-order valence-electron chi connectivity index (χ3n) is 2.68. The molecule has 8 heteroatoms. The molecule has 2 aromatic carbocycles. The van der Waals surface area contributed by atoms with Gasteiger partial charge >= 0.3 is 12.5 Å². The number of para-hydroxylation sites is 1. The second-order valence-corrected chi connectivity index (χ2v) is 4.47. The Balaban J connectivity index is 2.15. The molecule has 0 bridgehead atoms. The molecule has 1 N–H and O–H groups in total. The van der Waals surface area contributed by atoms with E-state index in [0.29, 0.717) is 0 Å². The van der Waals surface area contributed by atoms with Crippen LogP contribution in [0.15, 0.2) is 42.5 Å². The van der Waals surface area contributed by atoms with Gasteiger partial charge in [0.1, 0.15) is 17.3 Å². The Labute approximate surface area is 128 Å². The van der Waals surface area contributed by atoms with Crippen molar-refractivity contribution in [3.63, 3.8) is 0 Å². The van der Waals surface area contributed by atoms with Crippen LogP contribution in [0.5, 0.6) is 11.5 Å². The molecular weight excluding hydrogens is 318 g/mol. The lowest BCUT2D eigenvalue weighted by molar-refractivity contribution is -0.274. The van der Waals surface area contributed by atoms with Crippen molar-refractivity contribution in [3.05, 3.63) is 53.8 Å². The minimum atomic E-state index is -4.93. The van der Waals surface area contributed by atoms with Gasteiger partial charge in [-0.1, -0.05) is 18.2 Å². The fourth-order valence-electron chi connectivity index (χ4n) is 1.71. The fraction of sp³-hybridized carbons (Fsp3) is 0.133. The predicted molar refractivity (Wildman–Crippen MR) is 73.9 cm³/mol. The van der Waals surface area contributed by atoms with E-state index in [1.165, 1.54) is 19.1 Å². The molecule has 23 heavy (non-hydrogen) atoms. The molecule has 2 aromatic rings. The summed E-state index contributed by atoms with van der Waals surface area (Å²) in [6.45, 7) is 1.25. The van der Waals surface area contributed by atoms with Crippen molar-refractivity contribution in [1.29, 1.82) is 0 Å². The summed E-state index contributed by atoms with van der Waals surface area (Å²) < 4.78 is 59.2. The number of rotatable bonds is 3. The maximum atomic E-state index is 13.8. The Morgan fingerprint density at radius 2 is 1.78 bits per heavy atom. The van der Waals surface area contributed by atoms with Crippen LogP contribution in [-0.4, -0.2) is 12.5 Å². The van der Waals surface area contributed by atoms with Crippen molar-refractivity contribution >= 4 is 11.8 Å². The summed E-state index contributed by atoms with van der Waals surface area (Å²) in [6, 6.07) is 9.47. The SMILES string of the molecule is Cc1cc(F)c(NC(=O)Oc2ccccc2)cc1OC(F)(F)F. The summed E-state index contributed by atoms with van der Waals surface area (Å²) in [5.74, 6) is -1.33. The highest BCUT2D eigenvalue weighted by molar-refractivity contribution is 5.86. The maximum absolute atomic E-state index is 13.8. The molecule has 0 heterocycles. The van der Waals surface area contributed by atoms with Gasteiger partial charge in [-0.05, 0) is 30.7 Å². The average Bonchev–Trinajstić information content (AvgIpc) is 2.43. The monoisotopic (exact) mass is 329 g/mol. The smallest absolute Gasteiger partial charge is 0.410 e. The van der Waals surface area contributed by atoms with Gasteiger partial charge in [0.25, 0.3) is 0 Å². The number of ether oxygens (including phenoxy) is 2. The van der Waals surface area contributed by atoms with E-state index in [9.17, 15) is 22.4 Å². The first-order valence-electron chi connectivity index (χ1n) is 6.34. The topological polar surface area (TPSA) is 47.6 Å². The minimum absolute atomic E-state index is 0.0678. The standard InChI is InChI=1S/C15H11F4NO3/c1-9-7-11(16)12(8-13(9)23-15(17,18)19)20-14(21)22-10-5-3-2-4-6-10/h2-8H,1H3,(H,20,21). The normalized spacial score (nSPS) is 11.0. The van der Waals surface area contributed by atoms with Crippen LogP contribution in [0.2, 0.25) is 0 Å². The summed E-state index contributed by atoms with van der Waals surface area (Å²) in [4.78, 5) is 11.7. The van der Waals surface area contributed by atoms with Crippen molar-refractivity contribution in [1.82, 2.24) is 0 Å². The van der Waals surface area contributed by atoms with Crippen LogP contribution in [0.3, 0.4) is 0 Å². The Morgan fingerprint density at radius 1 is 1.13 bits per heavy atom. The summed E-state index contributed by atoms with van der Waals surface area (Å²) in [7, 11) is 0. The molecule has 0 aliphatic carbocycles. The number of halogens is 4. The van der Waals surface area contributed by atoms with Crippen molar-refractivity contribution in [2.24, 2.45) is 0 Å². The molecule has 0 fully saturated rings. The Morgan fingerprint density at radius 3 is 2.39 bits per heavy atom. The summed E-state index contributed by atoms with van der Waals surface area (Å²) in [5.41, 5.74) is -0.558. The number of anilines is 1. The van der Waals surface area contributed by atoms with Crippen molar-refractivity contribution in [2.45, 2.75) is 13.3 Å². The third-order valence-corrected chi connectivity index (χ3v) is 2.68. The van der Waals surface area contributed by atoms with E-state index in [4.69, 9.17) is 4.74 Å². The van der Waals surface area contributed by atoms with Gasteiger partial charge in [0.05, 0.1) is 5.69 Å². The zero-order chi connectivity index (χ0) is 17.0. The van der Waals surface area contributed by atoms with Crippen molar-refractivity contribution < 1.29 is 31.8 Å². The Kier molecular flexibility index (Phi) is 4.73. The zero-order valence-electron chi connectivity index (χ0n) is 11.8. The van der Waals surface area contributed by atoms with Crippen molar-refractivity contribution in [2.75, 3.05) is 5.32 Å². The molecule has 2 rings (SSSR count). The number of nitrogens with one attached hydrogen (secondary N) is 1. The van der Waals surface area contributed by atoms with Crippen LogP contribution in [0.4, 0.5) is 28.0 Å². The lowest BCUT2D eigenvalue weighted by atomic mass is 10.2. The first-order valence-corrected chi connectivity index (χ1v) is 6.34. The lowest BCUT2D eigenvalue weighted by Crippen LogP contribution is -2.20. The molecule has 0 saturated heterocycles. The van der Waals surface area contributed by atoms with Gasteiger partial charge in [0.15, 0.2) is 0 Å². The van der Waals surface area contributed by atoms with Gasteiger partial charge in [-0.15, -0.1) is 13.2 Å². The number of aryl methyl sites for hydroxylation is 1. The highest BCUT2D eigenvalue weighted by Gasteiger charge is 2.32. The summed E-state index contributed by atoms with van der Waals surface area (Å²) in [6.07, 6.45) is -5.97. The van der Waals surface area contributed by atoms with E-state index in [0.717, 1.165) is 12.1 Å². The van der Waals surface area contributed by atoms with Crippen LogP contribution >= 0.6 is 0 Å². The second-order valence-electron chi connectivity index (χ2n) is 4.47. The van der Waals surface area contributed by atoms with E-state index in [2.05, 4.69) is 4.74 Å². The second kappa shape index (κ2) is 6.55. The number of alkyl halides is 3. The van der Waals surface area contributed by atoms with E-state index < -0.39 is 29.7 Å². The van der Waals surface area contributed by atoms with Crippen LogP contribution in [0, 0.1) is 12.7 Å². The quantitative estimate of drug-likeness (QED) is 0.834. The molecule has 0 saturated carbocycles. The average molecular weight is 329 g/mol. The highest BCUT2D eigenvalue weighted by Crippen LogP contribution is 2.30. The number of benzene rings is 2. The number of amides is 1. The molecule has 0 aliphatic heterocycles.